The fourth-order valence-electron chi connectivity index (χ4n) is 2.63. The highest BCUT2D eigenvalue weighted by Gasteiger charge is 2.09. The van der Waals surface area contributed by atoms with Crippen molar-refractivity contribution in [1.29, 1.82) is 0 Å². The van der Waals surface area contributed by atoms with Gasteiger partial charge >= 0.3 is 0 Å². The summed E-state index contributed by atoms with van der Waals surface area (Å²) < 4.78 is 14.6. The molecular formula is C22H24FN3OS3. The van der Waals surface area contributed by atoms with Crippen molar-refractivity contribution >= 4 is 40.8 Å². The normalized spacial score (nSPS) is 11.1. The van der Waals surface area contributed by atoms with E-state index >= 15 is 0 Å². The average molecular weight is 462 g/mol. The molecule has 3 rings (SSSR count). The zero-order valence-electron chi connectivity index (χ0n) is 16.9. The standard InChI is InChI=1S/C22H24FN3OS3/c1-15(2)18-7-3-17(4-8-18)13-28-21-25-26-22(30-21)29-14-20(27)24-12-11-16-5-9-19(23)10-6-16/h3-10,15H,11-14H2,1-2H3,(H,24,27). The Bertz CT molecular complexity index is 943. The van der Waals surface area contributed by atoms with Crippen LogP contribution < -0.4 is 5.32 Å². The van der Waals surface area contributed by atoms with Crippen molar-refractivity contribution in [2.24, 2.45) is 0 Å². The first-order chi connectivity index (χ1) is 14.5. The Morgan fingerprint density at radius 1 is 1.00 bits per heavy atom. The number of carbonyl (C=O) groups excluding carboxylic acids is 1. The largest absolute Gasteiger partial charge is 0.355 e. The van der Waals surface area contributed by atoms with Gasteiger partial charge in [-0.05, 0) is 41.2 Å². The maximum absolute atomic E-state index is 12.9. The van der Waals surface area contributed by atoms with E-state index in [1.807, 2.05) is 0 Å². The summed E-state index contributed by atoms with van der Waals surface area (Å²) in [6.07, 6.45) is 0.675. The van der Waals surface area contributed by atoms with Crippen molar-refractivity contribution in [3.8, 4) is 0 Å². The molecule has 4 nitrogen and oxygen atoms in total. The number of aromatic nitrogens is 2. The maximum Gasteiger partial charge on any atom is 0.230 e. The van der Waals surface area contributed by atoms with Crippen LogP contribution in [0.15, 0.2) is 57.2 Å². The Hall–Kier alpha value is -1.90. The van der Waals surface area contributed by atoms with Crippen LogP contribution in [0, 0.1) is 5.82 Å². The van der Waals surface area contributed by atoms with Gasteiger partial charge in [0.05, 0.1) is 5.75 Å². The minimum atomic E-state index is -0.252. The third-order valence-corrected chi connectivity index (χ3v) is 7.63. The molecule has 0 atom stereocenters. The Morgan fingerprint density at radius 2 is 1.63 bits per heavy atom. The number of nitrogens with zero attached hydrogens (tertiary/aromatic N) is 2. The lowest BCUT2D eigenvalue weighted by molar-refractivity contribution is -0.118. The Balaban J connectivity index is 1.36. The van der Waals surface area contributed by atoms with E-state index in [0.717, 1.165) is 20.0 Å². The van der Waals surface area contributed by atoms with Crippen LogP contribution in [-0.4, -0.2) is 28.4 Å². The van der Waals surface area contributed by atoms with Crippen LogP contribution in [0.4, 0.5) is 4.39 Å². The predicted octanol–water partition coefficient (Wildman–Crippen LogP) is 5.54. The molecule has 2 aromatic carbocycles. The summed E-state index contributed by atoms with van der Waals surface area (Å²) in [5.41, 5.74) is 3.60. The number of halogens is 1. The van der Waals surface area contributed by atoms with Gasteiger partial charge < -0.3 is 5.32 Å². The molecular weight excluding hydrogens is 437 g/mol. The van der Waals surface area contributed by atoms with Crippen LogP contribution in [0.5, 0.6) is 0 Å². The molecule has 0 bridgehead atoms. The molecule has 1 N–H and O–H groups in total. The fourth-order valence-corrected chi connectivity index (χ4v) is 5.44. The summed E-state index contributed by atoms with van der Waals surface area (Å²) in [4.78, 5) is 12.0. The van der Waals surface area contributed by atoms with E-state index < -0.39 is 0 Å². The summed E-state index contributed by atoms with van der Waals surface area (Å²) >= 11 is 4.57. The molecule has 1 heterocycles. The molecule has 0 saturated carbocycles. The summed E-state index contributed by atoms with van der Waals surface area (Å²) in [6.45, 7) is 4.91. The molecule has 0 radical (unpaired) electrons. The van der Waals surface area contributed by atoms with Crippen molar-refractivity contribution in [3.05, 3.63) is 71.0 Å². The average Bonchev–Trinajstić information content (AvgIpc) is 3.20. The minimum Gasteiger partial charge on any atom is -0.355 e. The van der Waals surface area contributed by atoms with Crippen LogP contribution in [0.2, 0.25) is 0 Å². The SMILES string of the molecule is CC(C)c1ccc(CSc2nnc(SCC(=O)NCCc3ccc(F)cc3)s2)cc1. The van der Waals surface area contributed by atoms with Crippen LogP contribution in [-0.2, 0) is 17.0 Å². The van der Waals surface area contributed by atoms with Gasteiger partial charge in [-0.3, -0.25) is 4.79 Å². The van der Waals surface area contributed by atoms with Crippen LogP contribution in [0.25, 0.3) is 0 Å². The quantitative estimate of drug-likeness (QED) is 0.402. The van der Waals surface area contributed by atoms with Gasteiger partial charge in [-0.1, -0.05) is 85.1 Å². The van der Waals surface area contributed by atoms with Crippen LogP contribution in [0.1, 0.15) is 36.5 Å². The lowest BCUT2D eigenvalue weighted by Crippen LogP contribution is -2.27. The maximum atomic E-state index is 12.9. The zero-order chi connectivity index (χ0) is 21.3. The number of hydrogen-bond donors (Lipinski definition) is 1. The van der Waals surface area contributed by atoms with Gasteiger partial charge in [0.1, 0.15) is 5.82 Å². The highest BCUT2D eigenvalue weighted by molar-refractivity contribution is 8.03. The zero-order valence-corrected chi connectivity index (χ0v) is 19.4. The third-order valence-electron chi connectivity index (χ3n) is 4.37. The van der Waals surface area contributed by atoms with Crippen molar-refractivity contribution in [1.82, 2.24) is 15.5 Å². The number of thioether (sulfide) groups is 2. The molecule has 30 heavy (non-hydrogen) atoms. The lowest BCUT2D eigenvalue weighted by Gasteiger charge is -2.06. The molecule has 1 aromatic heterocycles. The first-order valence-electron chi connectivity index (χ1n) is 9.68. The molecule has 0 saturated heterocycles. The van der Waals surface area contributed by atoms with Gasteiger partial charge in [-0.2, -0.15) is 0 Å². The number of carbonyl (C=O) groups is 1. The Kier molecular flexibility index (Phi) is 8.72. The fraction of sp³-hybridized carbons (Fsp3) is 0.318. The molecule has 0 spiro atoms. The molecule has 1 amide bonds. The van der Waals surface area contributed by atoms with Crippen molar-refractivity contribution < 1.29 is 9.18 Å². The van der Waals surface area contributed by atoms with Crippen molar-refractivity contribution in [3.63, 3.8) is 0 Å². The number of rotatable bonds is 10. The summed E-state index contributed by atoms with van der Waals surface area (Å²) in [6, 6.07) is 15.0. The second kappa shape index (κ2) is 11.5. The van der Waals surface area contributed by atoms with E-state index in [9.17, 15) is 9.18 Å². The van der Waals surface area contributed by atoms with E-state index in [4.69, 9.17) is 0 Å². The molecule has 0 fully saturated rings. The van der Waals surface area contributed by atoms with E-state index in [0.29, 0.717) is 24.6 Å². The molecule has 3 aromatic rings. The second-order valence-corrected chi connectivity index (χ2v) is 10.5. The van der Waals surface area contributed by atoms with E-state index in [-0.39, 0.29) is 11.7 Å². The van der Waals surface area contributed by atoms with Crippen molar-refractivity contribution in [2.45, 2.75) is 40.6 Å². The summed E-state index contributed by atoms with van der Waals surface area (Å²) in [5.74, 6) is 1.39. The number of benzene rings is 2. The van der Waals surface area contributed by atoms with Gasteiger partial charge in [0.25, 0.3) is 0 Å². The summed E-state index contributed by atoms with van der Waals surface area (Å²) in [7, 11) is 0. The molecule has 0 aliphatic rings. The molecule has 0 aliphatic heterocycles. The van der Waals surface area contributed by atoms with Gasteiger partial charge in [-0.25, -0.2) is 4.39 Å². The highest BCUT2D eigenvalue weighted by atomic mass is 32.2. The minimum absolute atomic E-state index is 0.0447. The molecule has 0 unspecified atom stereocenters. The predicted molar refractivity (Wildman–Crippen MR) is 124 cm³/mol. The van der Waals surface area contributed by atoms with Gasteiger partial charge in [-0.15, -0.1) is 10.2 Å². The lowest BCUT2D eigenvalue weighted by atomic mass is 10.0. The molecule has 0 aliphatic carbocycles. The third kappa shape index (κ3) is 7.41. The first-order valence-corrected chi connectivity index (χ1v) is 12.5. The highest BCUT2D eigenvalue weighted by Crippen LogP contribution is 2.30. The van der Waals surface area contributed by atoms with Crippen LogP contribution >= 0.6 is 34.9 Å². The topological polar surface area (TPSA) is 54.9 Å². The summed E-state index contributed by atoms with van der Waals surface area (Å²) in [5, 5.41) is 11.3. The van der Waals surface area contributed by atoms with Gasteiger partial charge in [0.2, 0.25) is 5.91 Å². The number of nitrogens with one attached hydrogen (secondary N) is 1. The van der Waals surface area contributed by atoms with E-state index in [2.05, 4.69) is 53.6 Å². The smallest absolute Gasteiger partial charge is 0.230 e. The second-order valence-electron chi connectivity index (χ2n) is 7.03. The number of amides is 1. The van der Waals surface area contributed by atoms with E-state index in [1.54, 1.807) is 23.9 Å². The van der Waals surface area contributed by atoms with Crippen LogP contribution in [0.3, 0.4) is 0 Å². The first kappa shape index (κ1) is 22.8. The molecule has 8 heteroatoms. The molecule has 158 valence electrons. The monoisotopic (exact) mass is 461 g/mol. The van der Waals surface area contributed by atoms with E-state index in [1.165, 1.54) is 46.4 Å². The Morgan fingerprint density at radius 3 is 2.30 bits per heavy atom. The number of hydrogen-bond acceptors (Lipinski definition) is 6. The van der Waals surface area contributed by atoms with Crippen molar-refractivity contribution in [2.75, 3.05) is 12.3 Å². The van der Waals surface area contributed by atoms with Gasteiger partial charge in [0.15, 0.2) is 8.68 Å². The Labute approximate surface area is 189 Å². The van der Waals surface area contributed by atoms with Gasteiger partial charge in [0, 0.05) is 12.3 Å².